The average Bonchev–Trinajstić information content (AvgIpc) is 2.61. The number of hydrogen-bond donors (Lipinski definition) is 2. The summed E-state index contributed by atoms with van der Waals surface area (Å²) in [5.74, 6) is -1.75. The first-order valence-electron chi connectivity index (χ1n) is 7.65. The molecule has 0 unspecified atom stereocenters. The number of carbonyl (C=O) groups is 3. The van der Waals surface area contributed by atoms with Crippen LogP contribution in [0.4, 0.5) is 10.1 Å². The zero-order chi connectivity index (χ0) is 19.1. The summed E-state index contributed by atoms with van der Waals surface area (Å²) in [6.07, 6.45) is -0.0532. The number of carbonyl (C=O) groups excluding carboxylic acids is 3. The monoisotopic (exact) mass is 396 g/mol. The first kappa shape index (κ1) is 19.9. The van der Waals surface area contributed by atoms with Gasteiger partial charge < -0.3 is 10.6 Å². The largest absolute Gasteiger partial charge is 0.347 e. The van der Waals surface area contributed by atoms with Crippen LogP contribution >= 0.6 is 23.2 Å². The summed E-state index contributed by atoms with van der Waals surface area (Å²) in [4.78, 5) is 35.5. The van der Waals surface area contributed by atoms with Crippen LogP contribution in [0.15, 0.2) is 42.5 Å². The van der Waals surface area contributed by atoms with Crippen molar-refractivity contribution in [2.45, 2.75) is 12.8 Å². The third-order valence-corrected chi connectivity index (χ3v) is 3.90. The van der Waals surface area contributed by atoms with E-state index in [0.29, 0.717) is 16.3 Å². The predicted octanol–water partition coefficient (Wildman–Crippen LogP) is 3.85. The summed E-state index contributed by atoms with van der Waals surface area (Å²) in [5.41, 5.74) is 0.739. The van der Waals surface area contributed by atoms with Gasteiger partial charge in [0.05, 0.1) is 11.6 Å². The van der Waals surface area contributed by atoms with E-state index in [-0.39, 0.29) is 30.2 Å². The van der Waals surface area contributed by atoms with Crippen LogP contribution in [-0.2, 0) is 9.59 Å². The summed E-state index contributed by atoms with van der Waals surface area (Å²) in [6, 6.07) is 10.2. The highest BCUT2D eigenvalue weighted by Crippen LogP contribution is 2.19. The Balaban J connectivity index is 1.74. The van der Waals surface area contributed by atoms with Gasteiger partial charge in [-0.2, -0.15) is 0 Å². The second-order valence-electron chi connectivity index (χ2n) is 5.39. The molecule has 0 radical (unpaired) electrons. The molecule has 26 heavy (non-hydrogen) atoms. The lowest BCUT2D eigenvalue weighted by Crippen LogP contribution is -2.33. The highest BCUT2D eigenvalue weighted by molar-refractivity contribution is 6.31. The van der Waals surface area contributed by atoms with Gasteiger partial charge in [-0.3, -0.25) is 14.4 Å². The van der Waals surface area contributed by atoms with Crippen molar-refractivity contribution in [2.24, 2.45) is 0 Å². The molecule has 0 heterocycles. The summed E-state index contributed by atoms with van der Waals surface area (Å²) in [7, 11) is 0. The van der Waals surface area contributed by atoms with Crippen molar-refractivity contribution in [2.75, 3.05) is 11.9 Å². The quantitative estimate of drug-likeness (QED) is 0.697. The van der Waals surface area contributed by atoms with E-state index in [4.69, 9.17) is 23.2 Å². The summed E-state index contributed by atoms with van der Waals surface area (Å²) in [6.45, 7) is -0.279. The highest BCUT2D eigenvalue weighted by Gasteiger charge is 2.11. The van der Waals surface area contributed by atoms with Gasteiger partial charge in [0.2, 0.25) is 11.8 Å². The molecule has 5 nitrogen and oxygen atoms in total. The lowest BCUT2D eigenvalue weighted by molar-refractivity contribution is -0.124. The first-order valence-corrected chi connectivity index (χ1v) is 8.41. The summed E-state index contributed by atoms with van der Waals surface area (Å²) >= 11 is 11.4. The maximum absolute atomic E-state index is 13.0. The predicted molar refractivity (Wildman–Crippen MR) is 98.1 cm³/mol. The molecule has 2 N–H and O–H groups in total. The van der Waals surface area contributed by atoms with Crippen LogP contribution in [-0.4, -0.2) is 24.1 Å². The minimum absolute atomic E-state index is 0.00135. The van der Waals surface area contributed by atoms with E-state index in [1.807, 2.05) is 0 Å². The Labute approximate surface area is 159 Å². The number of Topliss-reactive ketones (excluding diaryl/α,β-unsaturated/α-hetero) is 1. The fourth-order valence-corrected chi connectivity index (χ4v) is 2.45. The second kappa shape index (κ2) is 9.31. The van der Waals surface area contributed by atoms with Gasteiger partial charge in [0.25, 0.3) is 0 Å². The molecule has 136 valence electrons. The minimum Gasteiger partial charge on any atom is -0.347 e. The van der Waals surface area contributed by atoms with Gasteiger partial charge in [-0.05, 0) is 30.3 Å². The number of benzene rings is 2. The number of amides is 2. The Morgan fingerprint density at radius 2 is 1.73 bits per heavy atom. The van der Waals surface area contributed by atoms with E-state index in [1.54, 1.807) is 18.2 Å². The summed E-state index contributed by atoms with van der Waals surface area (Å²) in [5, 5.41) is 5.21. The molecule has 0 saturated carbocycles. The number of ketones is 1. The third kappa shape index (κ3) is 6.13. The normalized spacial score (nSPS) is 10.3. The van der Waals surface area contributed by atoms with Gasteiger partial charge in [0.15, 0.2) is 5.78 Å². The molecule has 0 bridgehead atoms. The van der Waals surface area contributed by atoms with Crippen molar-refractivity contribution in [1.82, 2.24) is 5.32 Å². The van der Waals surface area contributed by atoms with Crippen molar-refractivity contribution in [3.63, 3.8) is 0 Å². The number of anilines is 1. The van der Waals surface area contributed by atoms with E-state index in [9.17, 15) is 18.8 Å². The molecule has 2 aromatic rings. The van der Waals surface area contributed by atoms with Crippen LogP contribution in [0.5, 0.6) is 0 Å². The highest BCUT2D eigenvalue weighted by atomic mass is 35.5. The van der Waals surface area contributed by atoms with Crippen molar-refractivity contribution < 1.29 is 18.8 Å². The van der Waals surface area contributed by atoms with Crippen molar-refractivity contribution in [3.8, 4) is 0 Å². The van der Waals surface area contributed by atoms with E-state index in [0.717, 1.165) is 6.07 Å². The molecule has 0 aromatic heterocycles. The van der Waals surface area contributed by atoms with Gasteiger partial charge >= 0.3 is 0 Å². The molecule has 2 amide bonds. The zero-order valence-electron chi connectivity index (χ0n) is 13.5. The Bertz CT molecular complexity index is 843. The Morgan fingerprint density at radius 3 is 2.42 bits per heavy atom. The van der Waals surface area contributed by atoms with Crippen molar-refractivity contribution >= 4 is 46.5 Å². The third-order valence-electron chi connectivity index (χ3n) is 3.38. The average molecular weight is 397 g/mol. The second-order valence-corrected chi connectivity index (χ2v) is 6.23. The van der Waals surface area contributed by atoms with Crippen molar-refractivity contribution in [3.05, 3.63) is 63.9 Å². The Hall–Kier alpha value is -2.44. The number of nitrogens with one attached hydrogen (secondary N) is 2. The standard InChI is InChI=1S/C18H15Cl2FN2O3/c19-12-3-1-2-11(8-12)16(24)6-7-17(25)22-10-18(26)23-13-4-5-15(21)14(20)9-13/h1-5,8-9H,6-7,10H2,(H,22,25)(H,23,26). The maximum atomic E-state index is 13.0. The van der Waals surface area contributed by atoms with Gasteiger partial charge in [0.1, 0.15) is 5.82 Å². The molecule has 0 aliphatic heterocycles. The van der Waals surface area contributed by atoms with E-state index >= 15 is 0 Å². The lowest BCUT2D eigenvalue weighted by atomic mass is 10.1. The van der Waals surface area contributed by atoms with E-state index < -0.39 is 17.6 Å². The molecule has 0 aliphatic carbocycles. The van der Waals surface area contributed by atoms with Crippen molar-refractivity contribution in [1.29, 1.82) is 0 Å². The van der Waals surface area contributed by atoms with Crippen LogP contribution in [0.25, 0.3) is 0 Å². The molecular formula is C18H15Cl2FN2O3. The number of rotatable bonds is 7. The number of hydrogen-bond acceptors (Lipinski definition) is 3. The van der Waals surface area contributed by atoms with Gasteiger partial charge in [-0.15, -0.1) is 0 Å². The maximum Gasteiger partial charge on any atom is 0.243 e. The van der Waals surface area contributed by atoms with Gasteiger partial charge in [-0.25, -0.2) is 4.39 Å². The summed E-state index contributed by atoms with van der Waals surface area (Å²) < 4.78 is 13.0. The molecule has 2 rings (SSSR count). The molecule has 0 fully saturated rings. The molecule has 0 saturated heterocycles. The molecule has 0 atom stereocenters. The molecule has 0 aliphatic rings. The SMILES string of the molecule is O=C(CCC(=O)c1cccc(Cl)c1)NCC(=O)Nc1ccc(F)c(Cl)c1. The van der Waals surface area contributed by atoms with Crippen LogP contribution in [0.2, 0.25) is 10.0 Å². The molecular weight excluding hydrogens is 382 g/mol. The van der Waals surface area contributed by atoms with Gasteiger partial charge in [0, 0.05) is 29.1 Å². The fourth-order valence-electron chi connectivity index (χ4n) is 2.08. The lowest BCUT2D eigenvalue weighted by Gasteiger charge is -2.07. The van der Waals surface area contributed by atoms with Crippen LogP contribution < -0.4 is 10.6 Å². The van der Waals surface area contributed by atoms with Gasteiger partial charge in [-0.1, -0.05) is 35.3 Å². The zero-order valence-corrected chi connectivity index (χ0v) is 15.0. The molecule has 8 heteroatoms. The van der Waals surface area contributed by atoms with Crippen LogP contribution in [0, 0.1) is 5.82 Å². The number of halogens is 3. The van der Waals surface area contributed by atoms with Crippen LogP contribution in [0.3, 0.4) is 0 Å². The fraction of sp³-hybridized carbons (Fsp3) is 0.167. The van der Waals surface area contributed by atoms with E-state index in [2.05, 4.69) is 10.6 Å². The van der Waals surface area contributed by atoms with E-state index in [1.165, 1.54) is 18.2 Å². The Kier molecular flexibility index (Phi) is 7.12. The Morgan fingerprint density at radius 1 is 0.962 bits per heavy atom. The topological polar surface area (TPSA) is 75.3 Å². The smallest absolute Gasteiger partial charge is 0.243 e. The van der Waals surface area contributed by atoms with Crippen LogP contribution in [0.1, 0.15) is 23.2 Å². The molecule has 2 aromatic carbocycles. The minimum atomic E-state index is -0.595. The molecule has 0 spiro atoms. The first-order chi connectivity index (χ1) is 12.3.